The number of anilines is 2. The summed E-state index contributed by atoms with van der Waals surface area (Å²) in [7, 11) is 0. The van der Waals surface area contributed by atoms with Gasteiger partial charge in [0.25, 0.3) is 0 Å². The first-order chi connectivity index (χ1) is 12.5. The topological polar surface area (TPSA) is 58.6 Å². The Bertz CT molecular complexity index is 834. The summed E-state index contributed by atoms with van der Waals surface area (Å²) in [6.07, 6.45) is 1.05. The molecule has 0 unspecified atom stereocenters. The van der Waals surface area contributed by atoms with E-state index in [1.807, 2.05) is 43.3 Å². The van der Waals surface area contributed by atoms with E-state index < -0.39 is 0 Å². The summed E-state index contributed by atoms with van der Waals surface area (Å²) in [6.45, 7) is 4.73. The molecule has 0 bridgehead atoms. The monoisotopic (exact) mass is 416 g/mol. The van der Waals surface area contributed by atoms with Crippen molar-refractivity contribution in [2.75, 3.05) is 23.4 Å². The Balaban J connectivity index is 1.76. The zero-order valence-corrected chi connectivity index (χ0v) is 16.4. The van der Waals surface area contributed by atoms with E-state index in [-0.39, 0.29) is 18.2 Å². The molecule has 136 valence electrons. The van der Waals surface area contributed by atoms with Crippen LogP contribution in [0, 0.1) is 0 Å². The van der Waals surface area contributed by atoms with Crippen LogP contribution >= 0.6 is 15.9 Å². The van der Waals surface area contributed by atoms with E-state index in [1.54, 1.807) is 11.8 Å². The van der Waals surface area contributed by atoms with E-state index in [1.165, 1.54) is 0 Å². The lowest BCUT2D eigenvalue weighted by atomic mass is 10.1. The van der Waals surface area contributed by atoms with Crippen LogP contribution in [0.1, 0.15) is 25.0 Å². The van der Waals surface area contributed by atoms with Gasteiger partial charge in [0.2, 0.25) is 11.8 Å². The van der Waals surface area contributed by atoms with Crippen molar-refractivity contribution in [3.63, 3.8) is 0 Å². The first-order valence-electron chi connectivity index (χ1n) is 8.60. The number of rotatable bonds is 5. The molecule has 0 aromatic heterocycles. The molecule has 1 heterocycles. The maximum atomic E-state index is 12.5. The molecule has 0 saturated carbocycles. The van der Waals surface area contributed by atoms with Gasteiger partial charge in [0.05, 0.1) is 24.4 Å². The normalized spacial score (nSPS) is 12.7. The number of halogens is 1. The van der Waals surface area contributed by atoms with E-state index in [4.69, 9.17) is 4.74 Å². The van der Waals surface area contributed by atoms with E-state index in [0.29, 0.717) is 18.8 Å². The van der Waals surface area contributed by atoms with Gasteiger partial charge >= 0.3 is 0 Å². The number of hydrogen-bond donors (Lipinski definition) is 1. The van der Waals surface area contributed by atoms with Gasteiger partial charge in [-0.05, 0) is 48.7 Å². The third-order valence-electron chi connectivity index (χ3n) is 4.28. The van der Waals surface area contributed by atoms with Gasteiger partial charge in [-0.1, -0.05) is 28.1 Å². The van der Waals surface area contributed by atoms with Crippen molar-refractivity contribution in [1.82, 2.24) is 0 Å². The zero-order chi connectivity index (χ0) is 18.7. The molecule has 1 aliphatic rings. The first-order valence-corrected chi connectivity index (χ1v) is 9.39. The molecule has 0 saturated heterocycles. The maximum absolute atomic E-state index is 12.5. The Kier molecular flexibility index (Phi) is 5.61. The molecule has 26 heavy (non-hydrogen) atoms. The van der Waals surface area contributed by atoms with Crippen LogP contribution in [-0.2, 0) is 22.4 Å². The van der Waals surface area contributed by atoms with Crippen LogP contribution in [-0.4, -0.2) is 25.0 Å². The first kappa shape index (κ1) is 18.5. The molecule has 5 nitrogen and oxygen atoms in total. The largest absolute Gasteiger partial charge is 0.494 e. The molecule has 2 aromatic rings. The van der Waals surface area contributed by atoms with Gasteiger partial charge in [0.15, 0.2) is 0 Å². The van der Waals surface area contributed by atoms with E-state index in [9.17, 15) is 9.59 Å². The van der Waals surface area contributed by atoms with Crippen LogP contribution in [0.15, 0.2) is 40.9 Å². The highest BCUT2D eigenvalue weighted by molar-refractivity contribution is 9.10. The van der Waals surface area contributed by atoms with Crippen molar-refractivity contribution < 1.29 is 14.3 Å². The Labute approximate surface area is 161 Å². The lowest BCUT2D eigenvalue weighted by Gasteiger charge is -2.19. The minimum absolute atomic E-state index is 0.0203. The van der Waals surface area contributed by atoms with Gasteiger partial charge in [-0.3, -0.25) is 9.59 Å². The van der Waals surface area contributed by atoms with Gasteiger partial charge < -0.3 is 15.0 Å². The molecule has 1 N–H and O–H groups in total. The number of nitrogens with zero attached hydrogens (tertiary/aromatic N) is 1. The lowest BCUT2D eigenvalue weighted by molar-refractivity contribution is -0.117. The average Bonchev–Trinajstić information content (AvgIpc) is 3.01. The molecule has 0 spiro atoms. The van der Waals surface area contributed by atoms with Gasteiger partial charge in [-0.15, -0.1) is 0 Å². The van der Waals surface area contributed by atoms with Gasteiger partial charge in [-0.25, -0.2) is 0 Å². The van der Waals surface area contributed by atoms with Gasteiger partial charge in [-0.2, -0.15) is 0 Å². The van der Waals surface area contributed by atoms with Crippen LogP contribution < -0.4 is 15.0 Å². The molecule has 0 aliphatic carbocycles. The number of fused-ring (bicyclic) bond motifs is 1. The fraction of sp³-hybridized carbons (Fsp3) is 0.300. The second-order valence-corrected chi connectivity index (χ2v) is 7.10. The quantitative estimate of drug-likeness (QED) is 0.802. The standard InChI is InChI=1S/C20H21BrN2O3/c1-3-26-17-6-4-14(5-7-17)10-19(25)22-18-12-16(21)11-15-8-9-23(13(2)24)20(15)18/h4-7,11-12H,3,8-10H2,1-2H3,(H,22,25). The number of hydrogen-bond acceptors (Lipinski definition) is 3. The van der Waals surface area contributed by atoms with Crippen molar-refractivity contribution in [2.24, 2.45) is 0 Å². The highest BCUT2D eigenvalue weighted by atomic mass is 79.9. The molecule has 0 fully saturated rings. The summed E-state index contributed by atoms with van der Waals surface area (Å²) in [5.41, 5.74) is 3.44. The summed E-state index contributed by atoms with van der Waals surface area (Å²) in [5.74, 6) is 0.650. The SMILES string of the molecule is CCOc1ccc(CC(=O)Nc2cc(Br)cc3c2N(C(C)=O)CC3)cc1. The summed E-state index contributed by atoms with van der Waals surface area (Å²) < 4.78 is 6.30. The number of ether oxygens (including phenoxy) is 1. The molecule has 6 heteroatoms. The van der Waals surface area contributed by atoms with Crippen molar-refractivity contribution in [3.8, 4) is 5.75 Å². The molecule has 1 aliphatic heterocycles. The lowest BCUT2D eigenvalue weighted by Crippen LogP contribution is -2.27. The number of nitrogens with one attached hydrogen (secondary N) is 1. The molecule has 3 rings (SSSR count). The van der Waals surface area contributed by atoms with Crippen LogP contribution in [0.25, 0.3) is 0 Å². The maximum Gasteiger partial charge on any atom is 0.228 e. The van der Waals surface area contributed by atoms with Crippen molar-refractivity contribution in [3.05, 3.63) is 52.0 Å². The van der Waals surface area contributed by atoms with E-state index in [2.05, 4.69) is 21.2 Å². The average molecular weight is 417 g/mol. The highest BCUT2D eigenvalue weighted by Crippen LogP contribution is 2.38. The fourth-order valence-electron chi connectivity index (χ4n) is 3.17. The second-order valence-electron chi connectivity index (χ2n) is 6.18. The Hall–Kier alpha value is -2.34. The fourth-order valence-corrected chi connectivity index (χ4v) is 3.67. The van der Waals surface area contributed by atoms with Crippen LogP contribution in [0.4, 0.5) is 11.4 Å². The summed E-state index contributed by atoms with van der Waals surface area (Å²) in [6, 6.07) is 11.3. The predicted octanol–water partition coefficient (Wildman–Crippen LogP) is 3.94. The number of benzene rings is 2. The number of amides is 2. The second kappa shape index (κ2) is 7.91. The summed E-state index contributed by atoms with van der Waals surface area (Å²) in [4.78, 5) is 26.1. The van der Waals surface area contributed by atoms with Gasteiger partial charge in [0.1, 0.15) is 5.75 Å². The van der Waals surface area contributed by atoms with Crippen LogP contribution in [0.5, 0.6) is 5.75 Å². The minimum Gasteiger partial charge on any atom is -0.494 e. The molecule has 0 radical (unpaired) electrons. The van der Waals surface area contributed by atoms with E-state index in [0.717, 1.165) is 33.5 Å². The van der Waals surface area contributed by atoms with Crippen molar-refractivity contribution >= 4 is 39.1 Å². The smallest absolute Gasteiger partial charge is 0.228 e. The third-order valence-corrected chi connectivity index (χ3v) is 4.74. The molecular formula is C20H21BrN2O3. The molecule has 2 aromatic carbocycles. The predicted molar refractivity (Wildman–Crippen MR) is 106 cm³/mol. The molecule has 2 amide bonds. The van der Waals surface area contributed by atoms with Crippen LogP contribution in [0.3, 0.4) is 0 Å². The summed E-state index contributed by atoms with van der Waals surface area (Å²) in [5, 5.41) is 2.96. The third kappa shape index (κ3) is 4.07. The van der Waals surface area contributed by atoms with Crippen molar-refractivity contribution in [1.29, 1.82) is 0 Å². The number of carbonyl (C=O) groups excluding carboxylic acids is 2. The Morgan fingerprint density at radius 3 is 2.62 bits per heavy atom. The highest BCUT2D eigenvalue weighted by Gasteiger charge is 2.26. The van der Waals surface area contributed by atoms with E-state index >= 15 is 0 Å². The Morgan fingerprint density at radius 2 is 1.96 bits per heavy atom. The number of carbonyl (C=O) groups is 2. The molecule has 0 atom stereocenters. The van der Waals surface area contributed by atoms with Gasteiger partial charge in [0, 0.05) is 17.9 Å². The minimum atomic E-state index is -0.120. The Morgan fingerprint density at radius 1 is 1.23 bits per heavy atom. The van der Waals surface area contributed by atoms with Crippen LogP contribution in [0.2, 0.25) is 0 Å². The summed E-state index contributed by atoms with van der Waals surface area (Å²) >= 11 is 3.48. The molecular weight excluding hydrogens is 396 g/mol. The van der Waals surface area contributed by atoms with Crippen molar-refractivity contribution in [2.45, 2.75) is 26.7 Å². The zero-order valence-electron chi connectivity index (χ0n) is 14.8.